The number of halogens is 1. The molecule has 0 aromatic heterocycles. The number of likely N-dealkylation sites (tertiary alicyclic amines) is 1. The van der Waals surface area contributed by atoms with Gasteiger partial charge in [0.2, 0.25) is 5.91 Å². The summed E-state index contributed by atoms with van der Waals surface area (Å²) in [7, 11) is 0. The SMILES string of the molecule is O=C(NCc1ccccc1F)c1cccc(OC2CCN(C(=O)C3CC3)CC2)c1. The lowest BCUT2D eigenvalue weighted by Crippen LogP contribution is -2.42. The summed E-state index contributed by atoms with van der Waals surface area (Å²) in [4.78, 5) is 26.5. The fourth-order valence-electron chi connectivity index (χ4n) is 3.60. The predicted molar refractivity (Wildman–Crippen MR) is 107 cm³/mol. The second kappa shape index (κ2) is 8.64. The molecule has 0 atom stereocenters. The zero-order valence-electron chi connectivity index (χ0n) is 16.3. The molecule has 2 fully saturated rings. The van der Waals surface area contributed by atoms with Gasteiger partial charge in [-0.2, -0.15) is 0 Å². The highest BCUT2D eigenvalue weighted by molar-refractivity contribution is 5.94. The van der Waals surface area contributed by atoms with Crippen LogP contribution in [0.4, 0.5) is 4.39 Å². The number of benzene rings is 2. The van der Waals surface area contributed by atoms with Gasteiger partial charge in [-0.25, -0.2) is 4.39 Å². The number of carbonyl (C=O) groups is 2. The molecule has 2 amide bonds. The molecule has 1 N–H and O–H groups in total. The fraction of sp³-hybridized carbons (Fsp3) is 0.391. The van der Waals surface area contributed by atoms with Crippen LogP contribution in [0.25, 0.3) is 0 Å². The van der Waals surface area contributed by atoms with Gasteiger partial charge in [0.05, 0.1) is 0 Å². The number of rotatable bonds is 6. The summed E-state index contributed by atoms with van der Waals surface area (Å²) in [5, 5.41) is 2.74. The van der Waals surface area contributed by atoms with Gasteiger partial charge in [-0.3, -0.25) is 9.59 Å². The lowest BCUT2D eigenvalue weighted by molar-refractivity contribution is -0.134. The van der Waals surface area contributed by atoms with E-state index in [1.54, 1.807) is 36.4 Å². The number of nitrogens with one attached hydrogen (secondary N) is 1. The van der Waals surface area contributed by atoms with Crippen LogP contribution in [0.2, 0.25) is 0 Å². The Balaban J connectivity index is 1.30. The van der Waals surface area contributed by atoms with Crippen molar-refractivity contribution < 1.29 is 18.7 Å². The van der Waals surface area contributed by atoms with Crippen LogP contribution in [0.15, 0.2) is 48.5 Å². The summed E-state index contributed by atoms with van der Waals surface area (Å²) in [6, 6.07) is 13.4. The minimum Gasteiger partial charge on any atom is -0.490 e. The monoisotopic (exact) mass is 396 g/mol. The largest absolute Gasteiger partial charge is 0.490 e. The highest BCUT2D eigenvalue weighted by Gasteiger charge is 2.35. The zero-order chi connectivity index (χ0) is 20.2. The Morgan fingerprint density at radius 3 is 2.52 bits per heavy atom. The van der Waals surface area contributed by atoms with Gasteiger partial charge < -0.3 is 15.0 Å². The lowest BCUT2D eigenvalue weighted by atomic mass is 10.1. The van der Waals surface area contributed by atoms with Crippen LogP contribution in [-0.2, 0) is 11.3 Å². The first-order valence-corrected chi connectivity index (χ1v) is 10.2. The maximum Gasteiger partial charge on any atom is 0.251 e. The molecular weight excluding hydrogens is 371 g/mol. The molecular formula is C23H25FN2O3. The fourth-order valence-corrected chi connectivity index (χ4v) is 3.60. The third kappa shape index (κ3) is 4.94. The number of hydrogen-bond donors (Lipinski definition) is 1. The van der Waals surface area contributed by atoms with Crippen molar-refractivity contribution in [2.75, 3.05) is 13.1 Å². The third-order valence-corrected chi connectivity index (χ3v) is 5.48. The van der Waals surface area contributed by atoms with Crippen LogP contribution in [0, 0.1) is 11.7 Å². The minimum atomic E-state index is -0.337. The third-order valence-electron chi connectivity index (χ3n) is 5.48. The van der Waals surface area contributed by atoms with Gasteiger partial charge in [0.25, 0.3) is 5.91 Å². The van der Waals surface area contributed by atoms with E-state index in [4.69, 9.17) is 4.74 Å². The summed E-state index contributed by atoms with van der Waals surface area (Å²) >= 11 is 0. The first-order valence-electron chi connectivity index (χ1n) is 10.2. The molecule has 29 heavy (non-hydrogen) atoms. The van der Waals surface area contributed by atoms with E-state index in [2.05, 4.69) is 5.32 Å². The lowest BCUT2D eigenvalue weighted by Gasteiger charge is -2.32. The Hall–Kier alpha value is -2.89. The Labute approximate surface area is 169 Å². The standard InChI is InChI=1S/C23H25FN2O3/c24-21-7-2-1-4-18(21)15-25-22(27)17-5-3-6-20(14-17)29-19-10-12-26(13-11-19)23(28)16-8-9-16/h1-7,14,16,19H,8-13,15H2,(H,25,27). The van der Waals surface area contributed by atoms with Gasteiger partial charge in [0, 0.05) is 49.5 Å². The normalized spacial score (nSPS) is 17.1. The smallest absolute Gasteiger partial charge is 0.251 e. The number of nitrogens with zero attached hydrogens (tertiary/aromatic N) is 1. The van der Waals surface area contributed by atoms with Crippen molar-refractivity contribution >= 4 is 11.8 Å². The molecule has 152 valence electrons. The molecule has 1 saturated heterocycles. The Morgan fingerprint density at radius 1 is 1.03 bits per heavy atom. The predicted octanol–water partition coefficient (Wildman–Crippen LogP) is 3.54. The van der Waals surface area contributed by atoms with Crippen molar-refractivity contribution in [1.29, 1.82) is 0 Å². The molecule has 0 bridgehead atoms. The molecule has 2 aromatic rings. The first-order chi connectivity index (χ1) is 14.1. The van der Waals surface area contributed by atoms with Crippen molar-refractivity contribution in [1.82, 2.24) is 10.2 Å². The van der Waals surface area contributed by atoms with Crippen LogP contribution in [-0.4, -0.2) is 35.9 Å². The first kappa shape index (κ1) is 19.4. The summed E-state index contributed by atoms with van der Waals surface area (Å²) < 4.78 is 19.8. The van der Waals surface area contributed by atoms with Gasteiger partial charge in [-0.1, -0.05) is 24.3 Å². The second-order valence-corrected chi connectivity index (χ2v) is 7.72. The van der Waals surface area contributed by atoms with Crippen LogP contribution < -0.4 is 10.1 Å². The van der Waals surface area contributed by atoms with Crippen molar-refractivity contribution in [3.63, 3.8) is 0 Å². The number of hydrogen-bond acceptors (Lipinski definition) is 3. The second-order valence-electron chi connectivity index (χ2n) is 7.72. The van der Waals surface area contributed by atoms with Gasteiger partial charge in [-0.05, 0) is 37.1 Å². The molecule has 2 aliphatic rings. The van der Waals surface area contributed by atoms with Crippen molar-refractivity contribution in [2.24, 2.45) is 5.92 Å². The number of piperidine rings is 1. The van der Waals surface area contributed by atoms with Crippen molar-refractivity contribution in [3.8, 4) is 5.75 Å². The van der Waals surface area contributed by atoms with Gasteiger partial charge >= 0.3 is 0 Å². The van der Waals surface area contributed by atoms with E-state index in [0.29, 0.717) is 16.9 Å². The van der Waals surface area contributed by atoms with E-state index in [1.165, 1.54) is 6.07 Å². The Bertz CT molecular complexity index is 889. The van der Waals surface area contributed by atoms with Crippen molar-refractivity contribution in [2.45, 2.75) is 38.3 Å². The molecule has 1 aliphatic carbocycles. The van der Waals surface area contributed by atoms with Gasteiger partial charge in [0.1, 0.15) is 17.7 Å². The maximum absolute atomic E-state index is 13.7. The average molecular weight is 396 g/mol. The Kier molecular flexibility index (Phi) is 5.79. The number of amides is 2. The summed E-state index contributed by atoms with van der Waals surface area (Å²) in [6.45, 7) is 1.58. The van der Waals surface area contributed by atoms with Crippen LogP contribution in [0.5, 0.6) is 5.75 Å². The van der Waals surface area contributed by atoms with E-state index in [1.807, 2.05) is 11.0 Å². The van der Waals surface area contributed by atoms with Gasteiger partial charge in [0.15, 0.2) is 0 Å². The van der Waals surface area contributed by atoms with E-state index in [0.717, 1.165) is 38.8 Å². The molecule has 0 radical (unpaired) electrons. The molecule has 1 heterocycles. The van der Waals surface area contributed by atoms with E-state index in [9.17, 15) is 14.0 Å². The van der Waals surface area contributed by atoms with Gasteiger partial charge in [-0.15, -0.1) is 0 Å². The van der Waals surface area contributed by atoms with E-state index < -0.39 is 0 Å². The molecule has 1 saturated carbocycles. The summed E-state index contributed by atoms with van der Waals surface area (Å²) in [5.41, 5.74) is 0.918. The summed E-state index contributed by atoms with van der Waals surface area (Å²) in [5.74, 6) is 0.569. The molecule has 1 aliphatic heterocycles. The molecule has 5 nitrogen and oxygen atoms in total. The number of carbonyl (C=O) groups excluding carboxylic acids is 2. The average Bonchev–Trinajstić information content (AvgIpc) is 3.59. The van der Waals surface area contributed by atoms with Crippen LogP contribution in [0.1, 0.15) is 41.6 Å². The molecule has 0 spiro atoms. The van der Waals surface area contributed by atoms with E-state index in [-0.39, 0.29) is 36.2 Å². The molecule has 0 unspecified atom stereocenters. The molecule has 6 heteroatoms. The maximum atomic E-state index is 13.7. The van der Waals surface area contributed by atoms with E-state index >= 15 is 0 Å². The highest BCUT2D eigenvalue weighted by Crippen LogP contribution is 2.32. The van der Waals surface area contributed by atoms with Crippen LogP contribution >= 0.6 is 0 Å². The summed E-state index contributed by atoms with van der Waals surface area (Å²) in [6.07, 6.45) is 3.68. The molecule has 4 rings (SSSR count). The number of ether oxygens (including phenoxy) is 1. The van der Waals surface area contributed by atoms with Crippen LogP contribution in [0.3, 0.4) is 0 Å². The highest BCUT2D eigenvalue weighted by atomic mass is 19.1. The topological polar surface area (TPSA) is 58.6 Å². The quantitative estimate of drug-likeness (QED) is 0.813. The minimum absolute atomic E-state index is 0.0370. The Morgan fingerprint density at radius 2 is 1.79 bits per heavy atom. The molecule has 2 aromatic carbocycles. The zero-order valence-corrected chi connectivity index (χ0v) is 16.3. The van der Waals surface area contributed by atoms with Crippen molar-refractivity contribution in [3.05, 3.63) is 65.5 Å².